The highest BCUT2D eigenvalue weighted by Crippen LogP contribution is 2.41. The summed E-state index contributed by atoms with van der Waals surface area (Å²) in [6.07, 6.45) is 5.58. The van der Waals surface area contributed by atoms with Crippen LogP contribution in [-0.2, 0) is 4.79 Å². The third-order valence-electron chi connectivity index (χ3n) is 6.78. The zero-order valence-corrected chi connectivity index (χ0v) is 18.8. The van der Waals surface area contributed by atoms with Crippen molar-refractivity contribution in [2.75, 3.05) is 18.0 Å². The third kappa shape index (κ3) is 4.00. The van der Waals surface area contributed by atoms with Gasteiger partial charge in [-0.05, 0) is 54.3 Å². The first-order chi connectivity index (χ1) is 16.9. The van der Waals surface area contributed by atoms with E-state index in [1.54, 1.807) is 24.4 Å². The number of nitrogens with two attached hydrogens (primary N) is 1. The molecule has 2 atom stereocenters. The van der Waals surface area contributed by atoms with Crippen molar-refractivity contribution in [3.8, 4) is 22.9 Å². The highest BCUT2D eigenvalue weighted by atomic mass is 19.1. The van der Waals surface area contributed by atoms with Crippen molar-refractivity contribution in [3.63, 3.8) is 0 Å². The summed E-state index contributed by atoms with van der Waals surface area (Å²) in [4.78, 5) is 18.5. The maximum Gasteiger partial charge on any atom is 0.309 e. The number of allylic oxidation sites excluding steroid dienone is 4. The van der Waals surface area contributed by atoms with E-state index in [0.29, 0.717) is 36.0 Å². The number of fused-ring (bicyclic) bond motifs is 1. The summed E-state index contributed by atoms with van der Waals surface area (Å²) in [6, 6.07) is 12.0. The smallest absolute Gasteiger partial charge is 0.309 e. The average molecular weight is 471 g/mol. The number of piperidine rings is 1. The van der Waals surface area contributed by atoms with E-state index in [1.165, 1.54) is 12.2 Å². The summed E-state index contributed by atoms with van der Waals surface area (Å²) < 4.78 is 14.0. The van der Waals surface area contributed by atoms with Crippen molar-refractivity contribution in [1.82, 2.24) is 4.98 Å². The Hall–Kier alpha value is -4.22. The lowest BCUT2D eigenvalue weighted by atomic mass is 9.90. The lowest BCUT2D eigenvalue weighted by Crippen LogP contribution is -2.50. The van der Waals surface area contributed by atoms with Crippen LogP contribution in [0.3, 0.4) is 0 Å². The van der Waals surface area contributed by atoms with E-state index in [2.05, 4.69) is 4.98 Å². The molecule has 3 aromatic rings. The van der Waals surface area contributed by atoms with Gasteiger partial charge in [0.05, 0.1) is 22.7 Å². The van der Waals surface area contributed by atoms with Crippen molar-refractivity contribution < 1.29 is 19.4 Å². The molecule has 2 aromatic carbocycles. The van der Waals surface area contributed by atoms with Gasteiger partial charge >= 0.3 is 5.97 Å². The quantitative estimate of drug-likeness (QED) is 0.518. The predicted octanol–water partition coefficient (Wildman–Crippen LogP) is 4.36. The normalized spacial score (nSPS) is 19.9. The van der Waals surface area contributed by atoms with Crippen LogP contribution < -0.4 is 10.6 Å². The van der Waals surface area contributed by atoms with E-state index in [4.69, 9.17) is 5.73 Å². The number of carboxylic acids is 1. The molecule has 0 unspecified atom stereocenters. The predicted molar refractivity (Wildman–Crippen MR) is 131 cm³/mol. The second-order valence-electron chi connectivity index (χ2n) is 8.87. The standard InChI is InChI=1S/C27H23FN4O3/c28-18-6-4-15(10-18)21-13-31-24-7-5-16(19-3-1-2-17(12-29)26(19)33)11-20(24)25(21)32-9-8-23(30)22(14-32)27(34)35/h1-3,5-7,10-11,13,22-23,33H,4,8-9,14,30H2,(H,34,35)/t22-,23-/m1/s1. The number of aromatic nitrogens is 1. The van der Waals surface area contributed by atoms with Gasteiger partial charge in [0, 0.05) is 41.8 Å². The first kappa shape index (κ1) is 22.6. The first-order valence-electron chi connectivity index (χ1n) is 11.3. The lowest BCUT2D eigenvalue weighted by molar-refractivity contribution is -0.142. The van der Waals surface area contributed by atoms with E-state index < -0.39 is 17.9 Å². The topological polar surface area (TPSA) is 123 Å². The summed E-state index contributed by atoms with van der Waals surface area (Å²) in [7, 11) is 0. The van der Waals surface area contributed by atoms with Crippen LogP contribution in [0.15, 0.2) is 60.6 Å². The second kappa shape index (κ2) is 8.85. The van der Waals surface area contributed by atoms with Crippen LogP contribution in [0.5, 0.6) is 5.75 Å². The number of phenolic OH excluding ortho intramolecular Hbond substituents is 1. The minimum Gasteiger partial charge on any atom is -0.506 e. The van der Waals surface area contributed by atoms with Gasteiger partial charge in [-0.25, -0.2) is 4.39 Å². The number of aliphatic carboxylic acids is 1. The summed E-state index contributed by atoms with van der Waals surface area (Å²) >= 11 is 0. The van der Waals surface area contributed by atoms with Crippen molar-refractivity contribution in [2.45, 2.75) is 18.9 Å². The molecule has 1 saturated heterocycles. The van der Waals surface area contributed by atoms with Crippen molar-refractivity contribution >= 4 is 28.1 Å². The fraction of sp³-hybridized carbons (Fsp3) is 0.222. The molecule has 176 valence electrons. The fourth-order valence-corrected chi connectivity index (χ4v) is 4.90. The highest BCUT2D eigenvalue weighted by molar-refractivity contribution is 6.01. The Morgan fingerprint density at radius 2 is 2.09 bits per heavy atom. The van der Waals surface area contributed by atoms with Crippen molar-refractivity contribution in [2.24, 2.45) is 11.7 Å². The van der Waals surface area contributed by atoms with Crippen molar-refractivity contribution in [3.05, 3.63) is 71.7 Å². The number of rotatable bonds is 4. The molecule has 1 aromatic heterocycles. The van der Waals surface area contributed by atoms with Crippen molar-refractivity contribution in [1.29, 1.82) is 5.26 Å². The van der Waals surface area contributed by atoms with Gasteiger partial charge in [-0.3, -0.25) is 9.78 Å². The molecule has 0 spiro atoms. The van der Waals surface area contributed by atoms with Crippen LogP contribution in [0.4, 0.5) is 10.1 Å². The summed E-state index contributed by atoms with van der Waals surface area (Å²) in [6.45, 7) is 0.755. The van der Waals surface area contributed by atoms with E-state index in [0.717, 1.165) is 22.2 Å². The first-order valence-corrected chi connectivity index (χ1v) is 11.3. The molecule has 2 aliphatic rings. The SMILES string of the molecule is N#Cc1cccc(-c2ccc3ncc(C4=CC(F)=CC4)c(N4CC[C@@H](N)[C@H](C(=O)O)C4)c3c2)c1O. The Labute approximate surface area is 201 Å². The van der Waals surface area contributed by atoms with E-state index in [-0.39, 0.29) is 23.7 Å². The van der Waals surface area contributed by atoms with Gasteiger partial charge in [-0.15, -0.1) is 0 Å². The summed E-state index contributed by atoms with van der Waals surface area (Å²) in [5.41, 5.74) is 10.4. The molecule has 1 aliphatic carbocycles. The number of benzene rings is 2. The number of nitrogens with zero attached hydrogens (tertiary/aromatic N) is 3. The number of carbonyl (C=O) groups is 1. The van der Waals surface area contributed by atoms with E-state index in [9.17, 15) is 24.7 Å². The van der Waals surface area contributed by atoms with Crippen LogP contribution in [0, 0.1) is 17.2 Å². The zero-order valence-electron chi connectivity index (χ0n) is 18.8. The van der Waals surface area contributed by atoms with E-state index in [1.807, 2.05) is 29.2 Å². The number of para-hydroxylation sites is 1. The molecular formula is C27H23FN4O3. The van der Waals surface area contributed by atoms with Crippen LogP contribution in [0.2, 0.25) is 0 Å². The molecule has 2 heterocycles. The second-order valence-corrected chi connectivity index (χ2v) is 8.87. The van der Waals surface area contributed by atoms with Gasteiger partial charge in [-0.1, -0.05) is 18.2 Å². The molecular weight excluding hydrogens is 447 g/mol. The van der Waals surface area contributed by atoms with Gasteiger partial charge in [0.25, 0.3) is 0 Å². The van der Waals surface area contributed by atoms with Gasteiger partial charge < -0.3 is 20.8 Å². The largest absolute Gasteiger partial charge is 0.506 e. The van der Waals surface area contributed by atoms with Gasteiger partial charge in [0.1, 0.15) is 17.6 Å². The lowest BCUT2D eigenvalue weighted by Gasteiger charge is -2.38. The number of nitriles is 1. The molecule has 0 saturated carbocycles. The maximum absolute atomic E-state index is 14.0. The molecule has 8 heteroatoms. The third-order valence-corrected chi connectivity index (χ3v) is 6.78. The number of phenols is 1. The molecule has 4 N–H and O–H groups in total. The van der Waals surface area contributed by atoms with Gasteiger partial charge in [0.15, 0.2) is 0 Å². The average Bonchev–Trinajstić information content (AvgIpc) is 3.29. The Morgan fingerprint density at radius 3 is 2.80 bits per heavy atom. The molecule has 1 aliphatic heterocycles. The number of halogens is 1. The number of hydrogen-bond donors (Lipinski definition) is 3. The van der Waals surface area contributed by atoms with Crippen LogP contribution in [0.25, 0.3) is 27.6 Å². The Balaban J connectivity index is 1.72. The van der Waals surface area contributed by atoms with Crippen LogP contribution in [0.1, 0.15) is 24.0 Å². The molecule has 7 nitrogen and oxygen atoms in total. The van der Waals surface area contributed by atoms with E-state index >= 15 is 0 Å². The maximum atomic E-state index is 14.0. The molecule has 0 bridgehead atoms. The number of carboxylic acid groups (broad SMARTS) is 1. The fourth-order valence-electron chi connectivity index (χ4n) is 4.90. The summed E-state index contributed by atoms with van der Waals surface area (Å²) in [5, 5.41) is 30.4. The summed E-state index contributed by atoms with van der Waals surface area (Å²) in [5.74, 6) is -2.12. The Kier molecular flexibility index (Phi) is 5.71. The number of aromatic hydroxyl groups is 1. The minimum absolute atomic E-state index is 0.111. The minimum atomic E-state index is -0.950. The number of pyridine rings is 1. The van der Waals surface area contributed by atoms with Crippen LogP contribution >= 0.6 is 0 Å². The van der Waals surface area contributed by atoms with Crippen LogP contribution in [-0.4, -0.2) is 40.3 Å². The Bertz CT molecular complexity index is 1460. The molecule has 35 heavy (non-hydrogen) atoms. The molecule has 5 rings (SSSR count). The Morgan fingerprint density at radius 1 is 1.26 bits per heavy atom. The molecule has 0 radical (unpaired) electrons. The van der Waals surface area contributed by atoms with Gasteiger partial charge in [0.2, 0.25) is 0 Å². The monoisotopic (exact) mass is 470 g/mol. The number of anilines is 1. The zero-order chi connectivity index (χ0) is 24.7. The van der Waals surface area contributed by atoms with Gasteiger partial charge in [-0.2, -0.15) is 5.26 Å². The number of hydrogen-bond acceptors (Lipinski definition) is 6. The molecule has 1 fully saturated rings. The highest BCUT2D eigenvalue weighted by Gasteiger charge is 2.34. The molecule has 0 amide bonds.